The number of carbonyl (C=O) groups is 1. The Morgan fingerprint density at radius 3 is 2.45 bits per heavy atom. The molecule has 1 fully saturated rings. The third-order valence-corrected chi connectivity index (χ3v) is 5.86. The lowest BCUT2D eigenvalue weighted by Gasteiger charge is -2.30. The van der Waals surface area contributed by atoms with E-state index in [1.807, 2.05) is 0 Å². The Kier molecular flexibility index (Phi) is 4.14. The first-order valence-electron chi connectivity index (χ1n) is 6.56. The summed E-state index contributed by atoms with van der Waals surface area (Å²) in [7, 11) is -3.54. The van der Waals surface area contributed by atoms with E-state index in [9.17, 15) is 13.2 Å². The quantitative estimate of drug-likeness (QED) is 0.860. The Balaban J connectivity index is 2.12. The van der Waals surface area contributed by atoms with Crippen LogP contribution in [0, 0.1) is 19.8 Å². The SMILES string of the molecule is Cc1n[nH]c(C)c1S(=O)(=O)N1CCC(CC(=O)O)CC1. The monoisotopic (exact) mass is 301 g/mol. The summed E-state index contributed by atoms with van der Waals surface area (Å²) >= 11 is 0. The molecule has 0 aliphatic carbocycles. The number of aromatic nitrogens is 2. The second-order valence-corrected chi connectivity index (χ2v) is 7.08. The van der Waals surface area contributed by atoms with Crippen LogP contribution in [0.4, 0.5) is 0 Å². The van der Waals surface area contributed by atoms with Crippen LogP contribution in [0.3, 0.4) is 0 Å². The van der Waals surface area contributed by atoms with Gasteiger partial charge in [-0.05, 0) is 32.6 Å². The van der Waals surface area contributed by atoms with Crippen LogP contribution in [0.2, 0.25) is 0 Å². The molecule has 1 aromatic heterocycles. The summed E-state index contributed by atoms with van der Waals surface area (Å²) in [6.07, 6.45) is 1.28. The number of piperidine rings is 1. The minimum Gasteiger partial charge on any atom is -0.481 e. The predicted octanol–water partition coefficient (Wildman–Crippen LogP) is 0.902. The van der Waals surface area contributed by atoms with E-state index in [4.69, 9.17) is 5.11 Å². The molecule has 0 radical (unpaired) electrons. The van der Waals surface area contributed by atoms with Crippen molar-refractivity contribution in [3.63, 3.8) is 0 Å². The van der Waals surface area contributed by atoms with Crippen LogP contribution in [0.1, 0.15) is 30.7 Å². The zero-order valence-corrected chi connectivity index (χ0v) is 12.4. The molecule has 2 N–H and O–H groups in total. The third-order valence-electron chi connectivity index (χ3n) is 3.70. The number of H-pyrrole nitrogens is 1. The normalized spacial score (nSPS) is 18.3. The number of sulfonamides is 1. The molecule has 0 amide bonds. The van der Waals surface area contributed by atoms with Gasteiger partial charge in [0.05, 0.1) is 11.4 Å². The molecule has 1 saturated heterocycles. The second kappa shape index (κ2) is 5.53. The van der Waals surface area contributed by atoms with Crippen molar-refractivity contribution in [3.8, 4) is 0 Å². The molecule has 2 rings (SSSR count). The number of hydrogen-bond donors (Lipinski definition) is 2. The maximum absolute atomic E-state index is 12.6. The van der Waals surface area contributed by atoms with Crippen molar-refractivity contribution in [3.05, 3.63) is 11.4 Å². The van der Waals surface area contributed by atoms with E-state index in [0.29, 0.717) is 37.3 Å². The van der Waals surface area contributed by atoms with E-state index in [0.717, 1.165) is 0 Å². The fraction of sp³-hybridized carbons (Fsp3) is 0.667. The van der Waals surface area contributed by atoms with Gasteiger partial charge in [0.1, 0.15) is 4.90 Å². The predicted molar refractivity (Wildman–Crippen MR) is 71.8 cm³/mol. The van der Waals surface area contributed by atoms with E-state index < -0.39 is 16.0 Å². The lowest BCUT2D eigenvalue weighted by molar-refractivity contribution is -0.138. The average molecular weight is 301 g/mol. The third kappa shape index (κ3) is 2.85. The molecule has 0 unspecified atom stereocenters. The number of carboxylic acid groups (broad SMARTS) is 1. The summed E-state index contributed by atoms with van der Waals surface area (Å²) in [4.78, 5) is 10.9. The number of hydrogen-bond acceptors (Lipinski definition) is 4. The number of aromatic amines is 1. The van der Waals surface area contributed by atoms with Gasteiger partial charge in [0.25, 0.3) is 0 Å². The van der Waals surface area contributed by atoms with Crippen molar-refractivity contribution >= 4 is 16.0 Å². The first-order valence-corrected chi connectivity index (χ1v) is 8.00. The molecule has 0 spiro atoms. The first kappa shape index (κ1) is 15.0. The lowest BCUT2D eigenvalue weighted by Crippen LogP contribution is -2.39. The Morgan fingerprint density at radius 1 is 1.40 bits per heavy atom. The van der Waals surface area contributed by atoms with Crippen molar-refractivity contribution < 1.29 is 18.3 Å². The van der Waals surface area contributed by atoms with Crippen LogP contribution in [-0.4, -0.2) is 47.1 Å². The molecule has 0 saturated carbocycles. The average Bonchev–Trinajstić information content (AvgIpc) is 2.69. The van der Waals surface area contributed by atoms with Crippen molar-refractivity contribution in [1.29, 1.82) is 0 Å². The van der Waals surface area contributed by atoms with Gasteiger partial charge in [0.2, 0.25) is 10.0 Å². The van der Waals surface area contributed by atoms with E-state index in [1.165, 1.54) is 4.31 Å². The molecule has 7 nitrogen and oxygen atoms in total. The molecule has 1 aromatic rings. The summed E-state index contributed by atoms with van der Waals surface area (Å²) in [5.41, 5.74) is 1.00. The molecule has 0 aromatic carbocycles. The van der Waals surface area contributed by atoms with Crippen molar-refractivity contribution in [2.45, 2.75) is 38.0 Å². The van der Waals surface area contributed by atoms with Gasteiger partial charge in [-0.3, -0.25) is 9.89 Å². The molecule has 8 heteroatoms. The van der Waals surface area contributed by atoms with Gasteiger partial charge >= 0.3 is 5.97 Å². The molecule has 1 aliphatic heterocycles. The number of nitrogens with zero attached hydrogens (tertiary/aromatic N) is 2. The van der Waals surface area contributed by atoms with E-state index >= 15 is 0 Å². The number of aryl methyl sites for hydroxylation is 2. The topological polar surface area (TPSA) is 103 Å². The van der Waals surface area contributed by atoms with E-state index in [1.54, 1.807) is 13.8 Å². The number of rotatable bonds is 4. The molecule has 1 aliphatic rings. The highest BCUT2D eigenvalue weighted by Crippen LogP contribution is 2.27. The summed E-state index contributed by atoms with van der Waals surface area (Å²) < 4.78 is 26.6. The molecule has 112 valence electrons. The van der Waals surface area contributed by atoms with Gasteiger partial charge in [-0.15, -0.1) is 0 Å². The van der Waals surface area contributed by atoms with Gasteiger partial charge < -0.3 is 5.11 Å². The highest BCUT2D eigenvalue weighted by Gasteiger charge is 2.33. The number of aliphatic carboxylic acids is 1. The van der Waals surface area contributed by atoms with Gasteiger partial charge in [-0.25, -0.2) is 8.42 Å². The highest BCUT2D eigenvalue weighted by atomic mass is 32.2. The molecule has 0 atom stereocenters. The van der Waals surface area contributed by atoms with Crippen molar-refractivity contribution in [1.82, 2.24) is 14.5 Å². The Hall–Kier alpha value is -1.41. The highest BCUT2D eigenvalue weighted by molar-refractivity contribution is 7.89. The number of nitrogens with one attached hydrogen (secondary N) is 1. The minimum absolute atomic E-state index is 0.0606. The van der Waals surface area contributed by atoms with Crippen molar-refractivity contribution in [2.24, 2.45) is 5.92 Å². The maximum Gasteiger partial charge on any atom is 0.303 e. The molecule has 2 heterocycles. The van der Waals surface area contributed by atoms with Crippen molar-refractivity contribution in [2.75, 3.05) is 13.1 Å². The summed E-state index contributed by atoms with van der Waals surface area (Å²) in [5.74, 6) is -0.765. The Bertz CT molecular complexity index is 581. The van der Waals surface area contributed by atoms with Gasteiger partial charge in [-0.2, -0.15) is 9.40 Å². The smallest absolute Gasteiger partial charge is 0.303 e. The Morgan fingerprint density at radius 2 is 2.00 bits per heavy atom. The largest absolute Gasteiger partial charge is 0.481 e. The summed E-state index contributed by atoms with van der Waals surface area (Å²) in [5, 5.41) is 15.4. The maximum atomic E-state index is 12.6. The minimum atomic E-state index is -3.54. The molecular weight excluding hydrogens is 282 g/mol. The van der Waals surface area contributed by atoms with Gasteiger partial charge in [0.15, 0.2) is 0 Å². The second-order valence-electron chi connectivity index (χ2n) is 5.21. The lowest BCUT2D eigenvalue weighted by atomic mass is 9.95. The van der Waals surface area contributed by atoms with Crippen LogP contribution in [0.25, 0.3) is 0 Å². The molecule has 0 bridgehead atoms. The van der Waals surface area contributed by atoms with E-state index in [-0.39, 0.29) is 17.2 Å². The van der Waals surface area contributed by atoms with E-state index in [2.05, 4.69) is 10.2 Å². The van der Waals surface area contributed by atoms with Crippen LogP contribution < -0.4 is 0 Å². The fourth-order valence-corrected chi connectivity index (χ4v) is 4.45. The first-order chi connectivity index (χ1) is 9.32. The summed E-state index contributed by atoms with van der Waals surface area (Å²) in [6.45, 7) is 4.08. The molecular formula is C12H19N3O4S. The van der Waals surface area contributed by atoms with Gasteiger partial charge in [-0.1, -0.05) is 0 Å². The van der Waals surface area contributed by atoms with Crippen LogP contribution in [0.15, 0.2) is 4.90 Å². The van der Waals surface area contributed by atoms with Crippen LogP contribution >= 0.6 is 0 Å². The zero-order chi connectivity index (χ0) is 14.9. The summed E-state index contributed by atoms with van der Waals surface area (Å²) in [6, 6.07) is 0. The standard InChI is InChI=1S/C12H19N3O4S/c1-8-12(9(2)14-13-8)20(18,19)15-5-3-10(4-6-15)7-11(16)17/h10H,3-7H2,1-2H3,(H,13,14)(H,16,17). The fourth-order valence-electron chi connectivity index (χ4n) is 2.65. The Labute approximate surface area is 118 Å². The van der Waals surface area contributed by atoms with Crippen LogP contribution in [0.5, 0.6) is 0 Å². The van der Waals surface area contributed by atoms with Gasteiger partial charge in [0, 0.05) is 19.5 Å². The van der Waals surface area contributed by atoms with Crippen LogP contribution in [-0.2, 0) is 14.8 Å². The zero-order valence-electron chi connectivity index (χ0n) is 11.6. The molecule has 20 heavy (non-hydrogen) atoms. The number of carboxylic acids is 1.